The van der Waals surface area contributed by atoms with Gasteiger partial charge in [0, 0.05) is 31.8 Å². The number of aromatic nitrogens is 4. The number of benzene rings is 1. The zero-order valence-corrected chi connectivity index (χ0v) is 35.6. The third kappa shape index (κ3) is 19.0. The summed E-state index contributed by atoms with van der Waals surface area (Å²) in [4.78, 5) is 45.0. The second-order valence-corrected chi connectivity index (χ2v) is 14.6. The average molecular weight is 863 g/mol. The van der Waals surface area contributed by atoms with Gasteiger partial charge >= 0.3 is 11.7 Å². The Bertz CT molecular complexity index is 1760. The van der Waals surface area contributed by atoms with Gasteiger partial charge in [-0.15, -0.1) is 0 Å². The maximum Gasteiger partial charge on any atom is 0.332 e. The number of aromatic amines is 1. The van der Waals surface area contributed by atoms with Crippen LogP contribution in [0.2, 0.25) is 0 Å². The Morgan fingerprint density at radius 2 is 1.10 bits per heavy atom. The Labute approximate surface area is 357 Å². The lowest BCUT2D eigenvalue weighted by Gasteiger charge is -2.28. The number of carbonyl (C=O) groups is 1. The standard InChI is InChI=1S/C24H26N4O4.C19H40O10/c29-19(30)12-9-15-7-10-18(11-8-15)21-25-20-22(26-21)27(13-16-3-1-4-16)24(32)28(23(20)31)14-17-5-2-6-17;1-21-4-5-23-8-9-25-12-13-27-16-17-29-19-18-28-15-14-26-11-10-24-7-6-22-3-2-20/h7-12,16-17H,1-6,13-14H2,(H,25,26)(H,29,30);20H,2-19H2,1H3/b12-9+;. The van der Waals surface area contributed by atoms with Crippen molar-refractivity contribution < 1.29 is 57.6 Å². The van der Waals surface area contributed by atoms with Crippen molar-refractivity contribution in [1.29, 1.82) is 0 Å². The molecule has 342 valence electrons. The predicted molar refractivity (Wildman–Crippen MR) is 227 cm³/mol. The molecule has 2 aromatic heterocycles. The number of carboxylic acids is 1. The van der Waals surface area contributed by atoms with Crippen LogP contribution in [0.3, 0.4) is 0 Å². The van der Waals surface area contributed by atoms with Crippen LogP contribution < -0.4 is 11.2 Å². The summed E-state index contributed by atoms with van der Waals surface area (Å²) in [7, 11) is 1.64. The largest absolute Gasteiger partial charge is 0.478 e. The first-order chi connectivity index (χ1) is 29.9. The zero-order valence-electron chi connectivity index (χ0n) is 35.6. The topological polar surface area (TPSA) is 213 Å². The molecule has 2 heterocycles. The fourth-order valence-corrected chi connectivity index (χ4v) is 6.26. The minimum atomic E-state index is -1.01. The van der Waals surface area contributed by atoms with Gasteiger partial charge in [0.2, 0.25) is 0 Å². The highest BCUT2D eigenvalue weighted by Crippen LogP contribution is 2.29. The molecule has 0 amide bonds. The molecule has 0 unspecified atom stereocenters. The van der Waals surface area contributed by atoms with Gasteiger partial charge in [-0.3, -0.25) is 13.9 Å². The van der Waals surface area contributed by atoms with Crippen molar-refractivity contribution in [3.63, 3.8) is 0 Å². The van der Waals surface area contributed by atoms with Gasteiger partial charge in [0.05, 0.1) is 119 Å². The van der Waals surface area contributed by atoms with Crippen LogP contribution >= 0.6 is 0 Å². The molecule has 3 aromatic rings. The van der Waals surface area contributed by atoms with Crippen LogP contribution in [0, 0.1) is 11.8 Å². The third-order valence-electron chi connectivity index (χ3n) is 10.1. The molecule has 5 rings (SSSR count). The lowest BCUT2D eigenvalue weighted by Crippen LogP contribution is -2.43. The van der Waals surface area contributed by atoms with E-state index in [-0.39, 0.29) is 17.9 Å². The molecular formula is C43H66N4O14. The number of methoxy groups -OCH3 is 1. The molecule has 18 nitrogen and oxygen atoms in total. The van der Waals surface area contributed by atoms with Crippen LogP contribution in [0.25, 0.3) is 28.6 Å². The molecule has 0 bridgehead atoms. The molecule has 3 N–H and O–H groups in total. The van der Waals surface area contributed by atoms with Crippen LogP contribution in [-0.2, 0) is 60.5 Å². The normalized spacial score (nSPS) is 14.3. The Morgan fingerprint density at radius 1 is 0.672 bits per heavy atom. The lowest BCUT2D eigenvalue weighted by atomic mass is 9.85. The van der Waals surface area contributed by atoms with Gasteiger partial charge in [-0.2, -0.15) is 0 Å². The van der Waals surface area contributed by atoms with E-state index in [1.54, 1.807) is 23.8 Å². The van der Waals surface area contributed by atoms with Crippen molar-refractivity contribution in [3.8, 4) is 11.4 Å². The van der Waals surface area contributed by atoms with Crippen molar-refractivity contribution in [2.75, 3.05) is 126 Å². The Morgan fingerprint density at radius 3 is 1.49 bits per heavy atom. The van der Waals surface area contributed by atoms with Crippen LogP contribution in [-0.4, -0.2) is 161 Å². The Hall–Kier alpha value is -3.82. The molecule has 61 heavy (non-hydrogen) atoms. The zero-order chi connectivity index (χ0) is 43.3. The van der Waals surface area contributed by atoms with Crippen LogP contribution in [0.1, 0.15) is 44.1 Å². The van der Waals surface area contributed by atoms with Gasteiger partial charge in [-0.1, -0.05) is 37.1 Å². The number of ether oxygens (including phenoxy) is 9. The number of aliphatic carboxylic acids is 1. The highest BCUT2D eigenvalue weighted by Gasteiger charge is 2.26. The first kappa shape index (κ1) is 49.8. The van der Waals surface area contributed by atoms with Crippen LogP contribution in [0.15, 0.2) is 39.9 Å². The quantitative estimate of drug-likeness (QED) is 0.0593. The van der Waals surface area contributed by atoms with Gasteiger partial charge in [-0.25, -0.2) is 14.6 Å². The van der Waals surface area contributed by atoms with E-state index < -0.39 is 5.97 Å². The summed E-state index contributed by atoms with van der Waals surface area (Å²) in [5.74, 6) is 0.359. The van der Waals surface area contributed by atoms with Gasteiger partial charge in [0.25, 0.3) is 5.56 Å². The summed E-state index contributed by atoms with van der Waals surface area (Å²) < 4.78 is 50.5. The molecule has 0 aliphatic heterocycles. The summed E-state index contributed by atoms with van der Waals surface area (Å²) >= 11 is 0. The number of nitrogens with one attached hydrogen (secondary N) is 1. The van der Waals surface area contributed by atoms with E-state index in [4.69, 9.17) is 52.8 Å². The van der Waals surface area contributed by atoms with Gasteiger partial charge in [0.15, 0.2) is 5.65 Å². The lowest BCUT2D eigenvalue weighted by molar-refractivity contribution is -0.131. The Balaban J connectivity index is 0.000000271. The molecule has 2 aliphatic carbocycles. The van der Waals surface area contributed by atoms with E-state index in [9.17, 15) is 14.4 Å². The SMILES string of the molecule is COCCOCCOCCOCCOCCOCCOCCOCCOCCO.O=C(O)/C=C/c1ccc(-c2nc3c([nH]2)c(=O)n(CC2CCC2)c(=O)n3CC2CCC2)cc1. The van der Waals surface area contributed by atoms with Crippen molar-refractivity contribution in [1.82, 2.24) is 19.1 Å². The Kier molecular flexibility index (Phi) is 24.7. The molecule has 0 saturated heterocycles. The van der Waals surface area contributed by atoms with E-state index >= 15 is 0 Å². The van der Waals surface area contributed by atoms with E-state index in [2.05, 4.69) is 9.97 Å². The number of imidazole rings is 1. The minimum absolute atomic E-state index is 0.0322. The number of H-pyrrole nitrogens is 1. The summed E-state index contributed by atoms with van der Waals surface area (Å²) in [5.41, 5.74) is 1.74. The van der Waals surface area contributed by atoms with E-state index in [1.165, 1.54) is 17.1 Å². The predicted octanol–water partition coefficient (Wildman–Crippen LogP) is 3.01. The van der Waals surface area contributed by atoms with Crippen molar-refractivity contribution in [3.05, 3.63) is 56.7 Å². The van der Waals surface area contributed by atoms with Gasteiger partial charge in [0.1, 0.15) is 11.3 Å². The van der Waals surface area contributed by atoms with Crippen LogP contribution in [0.5, 0.6) is 0 Å². The summed E-state index contributed by atoms with van der Waals surface area (Å²) in [6, 6.07) is 7.22. The summed E-state index contributed by atoms with van der Waals surface area (Å²) in [6.07, 6.45) is 9.24. The molecule has 0 atom stereocenters. The van der Waals surface area contributed by atoms with Crippen molar-refractivity contribution >= 4 is 23.2 Å². The van der Waals surface area contributed by atoms with E-state index in [1.807, 2.05) is 12.1 Å². The number of carboxylic acid groups (broad SMARTS) is 1. The number of aliphatic hydroxyl groups excluding tert-OH is 1. The fourth-order valence-electron chi connectivity index (χ4n) is 6.26. The molecule has 2 aliphatic rings. The number of rotatable bonds is 33. The number of hydrogen-bond donors (Lipinski definition) is 3. The van der Waals surface area contributed by atoms with Crippen LogP contribution in [0.4, 0.5) is 0 Å². The maximum absolute atomic E-state index is 13.3. The molecule has 2 fully saturated rings. The van der Waals surface area contributed by atoms with Gasteiger partial charge in [-0.05, 0) is 49.2 Å². The summed E-state index contributed by atoms with van der Waals surface area (Å²) in [5, 5.41) is 17.3. The van der Waals surface area contributed by atoms with Gasteiger partial charge < -0.3 is 57.8 Å². The van der Waals surface area contributed by atoms with E-state index in [0.717, 1.165) is 49.3 Å². The van der Waals surface area contributed by atoms with Crippen molar-refractivity contribution in [2.24, 2.45) is 11.8 Å². The number of fused-ring (bicyclic) bond motifs is 1. The molecule has 2 saturated carbocycles. The molecule has 1 aromatic carbocycles. The molecular weight excluding hydrogens is 796 g/mol. The van der Waals surface area contributed by atoms with Crippen molar-refractivity contribution in [2.45, 2.75) is 51.6 Å². The molecule has 18 heteroatoms. The monoisotopic (exact) mass is 862 g/mol. The number of hydrogen-bond acceptors (Lipinski definition) is 14. The number of aliphatic hydroxyl groups is 1. The second-order valence-electron chi connectivity index (χ2n) is 14.6. The highest BCUT2D eigenvalue weighted by atomic mass is 16.6. The first-order valence-electron chi connectivity index (χ1n) is 21.4. The maximum atomic E-state index is 13.3. The smallest absolute Gasteiger partial charge is 0.332 e. The average Bonchev–Trinajstić information content (AvgIpc) is 3.68. The first-order valence-corrected chi connectivity index (χ1v) is 21.4. The highest BCUT2D eigenvalue weighted by molar-refractivity contribution is 5.85. The minimum Gasteiger partial charge on any atom is -0.478 e. The molecule has 0 spiro atoms. The fraction of sp³-hybridized carbons (Fsp3) is 0.674. The number of nitrogens with zero attached hydrogens (tertiary/aromatic N) is 3. The third-order valence-corrected chi connectivity index (χ3v) is 10.1. The second kappa shape index (κ2) is 30.3. The van der Waals surface area contributed by atoms with E-state index in [0.29, 0.717) is 154 Å². The molecule has 0 radical (unpaired) electrons. The summed E-state index contributed by atoms with van der Waals surface area (Å²) in [6.45, 7) is 9.96.